The van der Waals surface area contributed by atoms with Crippen molar-refractivity contribution in [2.75, 3.05) is 0 Å². The van der Waals surface area contributed by atoms with Gasteiger partial charge in [0.05, 0.1) is 9.77 Å². The predicted octanol–water partition coefficient (Wildman–Crippen LogP) is 3.63. The van der Waals surface area contributed by atoms with Crippen LogP contribution in [0.1, 0.15) is 5.56 Å². The summed E-state index contributed by atoms with van der Waals surface area (Å²) < 4.78 is 43.9. The van der Waals surface area contributed by atoms with Gasteiger partial charge in [-0.3, -0.25) is 0 Å². The van der Waals surface area contributed by atoms with Crippen LogP contribution in [0.2, 0.25) is 0 Å². The molecule has 1 aromatic heterocycles. The van der Waals surface area contributed by atoms with Crippen LogP contribution in [-0.2, 0) is 13.2 Å². The van der Waals surface area contributed by atoms with Gasteiger partial charge in [0.1, 0.15) is 13.2 Å². The maximum atomic E-state index is 12.4. The molecule has 0 unspecified atom stereocenters. The quantitative estimate of drug-likeness (QED) is 0.756. The van der Waals surface area contributed by atoms with Crippen LogP contribution < -0.4 is 4.74 Å². The molecule has 102 valence electrons. The fourth-order valence-corrected chi connectivity index (χ4v) is 2.06. The number of ether oxygens (including phenoxy) is 1. The summed E-state index contributed by atoms with van der Waals surface area (Å²) in [5.41, 5.74) is 0.887. The van der Waals surface area contributed by atoms with E-state index in [9.17, 15) is 13.2 Å². The Hall–Kier alpha value is -1.25. The van der Waals surface area contributed by atoms with Crippen LogP contribution in [0.25, 0.3) is 0 Å². The van der Waals surface area contributed by atoms with Crippen molar-refractivity contribution in [3.63, 3.8) is 0 Å². The van der Waals surface area contributed by atoms with E-state index in [1.54, 1.807) is 0 Å². The Bertz CT molecular complexity index is 540. The first-order valence-corrected chi connectivity index (χ1v) is 6.48. The highest BCUT2D eigenvalue weighted by Crippen LogP contribution is 2.25. The summed E-state index contributed by atoms with van der Waals surface area (Å²) in [4.78, 5) is 0. The van der Waals surface area contributed by atoms with Crippen LogP contribution in [0.15, 0.2) is 36.5 Å². The second kappa shape index (κ2) is 5.81. The molecule has 0 bridgehead atoms. The minimum atomic E-state index is -4.32. The van der Waals surface area contributed by atoms with Gasteiger partial charge >= 0.3 is 6.18 Å². The summed E-state index contributed by atoms with van der Waals surface area (Å²) in [5.74, 6) is 0.141. The molecule has 1 aromatic carbocycles. The Morgan fingerprint density at radius 1 is 1.21 bits per heavy atom. The van der Waals surface area contributed by atoms with E-state index in [1.807, 2.05) is 52.9 Å². The number of halogens is 4. The molecule has 0 aliphatic heterocycles. The fourth-order valence-electron chi connectivity index (χ4n) is 1.50. The van der Waals surface area contributed by atoms with E-state index in [0.29, 0.717) is 3.57 Å². The van der Waals surface area contributed by atoms with E-state index >= 15 is 0 Å². The molecule has 2 aromatic rings. The van der Waals surface area contributed by atoms with Crippen LogP contribution in [0.3, 0.4) is 0 Å². The first kappa shape index (κ1) is 14.2. The molecule has 0 N–H and O–H groups in total. The number of hydrogen-bond donors (Lipinski definition) is 0. The Morgan fingerprint density at radius 3 is 2.53 bits per heavy atom. The molecular weight excluding hydrogens is 372 g/mol. The molecule has 19 heavy (non-hydrogen) atoms. The van der Waals surface area contributed by atoms with Gasteiger partial charge in [-0.25, -0.2) is 4.68 Å². The van der Waals surface area contributed by atoms with Crippen LogP contribution >= 0.6 is 22.6 Å². The normalized spacial score (nSPS) is 11.6. The third kappa shape index (κ3) is 4.12. The number of hydrogen-bond acceptors (Lipinski definition) is 2. The van der Waals surface area contributed by atoms with E-state index in [0.717, 1.165) is 10.2 Å². The molecule has 0 saturated carbocycles. The second-order valence-corrected chi connectivity index (χ2v) is 5.01. The van der Waals surface area contributed by atoms with Gasteiger partial charge < -0.3 is 4.74 Å². The van der Waals surface area contributed by atoms with E-state index in [1.165, 1.54) is 6.20 Å². The van der Waals surface area contributed by atoms with Crippen molar-refractivity contribution in [3.8, 4) is 5.88 Å². The van der Waals surface area contributed by atoms with Crippen LogP contribution in [0, 0.1) is 3.57 Å². The van der Waals surface area contributed by atoms with Crippen molar-refractivity contribution >= 4 is 22.6 Å². The van der Waals surface area contributed by atoms with Gasteiger partial charge in [-0.15, -0.1) is 0 Å². The molecule has 0 amide bonds. The lowest BCUT2D eigenvalue weighted by Crippen LogP contribution is -2.19. The lowest BCUT2D eigenvalue weighted by Gasteiger charge is -2.11. The molecule has 7 heteroatoms. The standard InChI is InChI=1S/C12H10F3IN2O/c13-12(14,15)8-18-11(10(16)6-17-18)19-7-9-4-2-1-3-5-9/h1-6H,7-8H2. The molecule has 0 aliphatic rings. The summed E-state index contributed by atoms with van der Waals surface area (Å²) in [6, 6.07) is 9.24. The van der Waals surface area contributed by atoms with Gasteiger partial charge in [0.25, 0.3) is 0 Å². The highest BCUT2D eigenvalue weighted by Gasteiger charge is 2.30. The van der Waals surface area contributed by atoms with Crippen LogP contribution in [-0.4, -0.2) is 16.0 Å². The average Bonchev–Trinajstić information content (AvgIpc) is 2.67. The number of rotatable bonds is 4. The van der Waals surface area contributed by atoms with E-state index in [-0.39, 0.29) is 12.5 Å². The zero-order valence-corrected chi connectivity index (χ0v) is 11.9. The van der Waals surface area contributed by atoms with Crippen LogP contribution in [0.4, 0.5) is 13.2 Å². The molecule has 0 radical (unpaired) electrons. The molecule has 1 heterocycles. The molecule has 0 fully saturated rings. The zero-order valence-electron chi connectivity index (χ0n) is 9.69. The topological polar surface area (TPSA) is 27.1 Å². The van der Waals surface area contributed by atoms with E-state index in [4.69, 9.17) is 4.74 Å². The third-order valence-corrected chi connectivity index (χ3v) is 3.04. The zero-order chi connectivity index (χ0) is 13.9. The Balaban J connectivity index is 2.09. The van der Waals surface area contributed by atoms with Gasteiger partial charge in [0.2, 0.25) is 5.88 Å². The number of alkyl halides is 3. The van der Waals surface area contributed by atoms with Gasteiger partial charge in [0, 0.05) is 0 Å². The van der Waals surface area contributed by atoms with E-state index < -0.39 is 12.7 Å². The number of benzene rings is 1. The summed E-state index contributed by atoms with van der Waals surface area (Å²) in [7, 11) is 0. The third-order valence-electron chi connectivity index (χ3n) is 2.30. The van der Waals surface area contributed by atoms with Crippen molar-refractivity contribution in [3.05, 3.63) is 45.7 Å². The van der Waals surface area contributed by atoms with Crippen molar-refractivity contribution in [2.45, 2.75) is 19.3 Å². The SMILES string of the molecule is FC(F)(F)Cn1ncc(I)c1OCc1ccccc1. The average molecular weight is 382 g/mol. The summed E-state index contributed by atoms with van der Waals surface area (Å²) in [6.45, 7) is -0.944. The smallest absolute Gasteiger partial charge is 0.408 e. The number of nitrogens with zero attached hydrogens (tertiary/aromatic N) is 2. The van der Waals surface area contributed by atoms with Crippen molar-refractivity contribution in [1.82, 2.24) is 9.78 Å². The van der Waals surface area contributed by atoms with Crippen molar-refractivity contribution in [1.29, 1.82) is 0 Å². The highest BCUT2D eigenvalue weighted by atomic mass is 127. The molecule has 2 rings (SSSR count). The molecule has 0 saturated heterocycles. The summed E-state index contributed by atoms with van der Waals surface area (Å²) >= 11 is 1.90. The van der Waals surface area contributed by atoms with Gasteiger partial charge in [-0.1, -0.05) is 30.3 Å². The van der Waals surface area contributed by atoms with Crippen molar-refractivity contribution in [2.24, 2.45) is 0 Å². The second-order valence-electron chi connectivity index (χ2n) is 3.84. The van der Waals surface area contributed by atoms with Gasteiger partial charge in [-0.2, -0.15) is 18.3 Å². The summed E-state index contributed by atoms with van der Waals surface area (Å²) in [5, 5.41) is 3.68. The monoisotopic (exact) mass is 382 g/mol. The highest BCUT2D eigenvalue weighted by molar-refractivity contribution is 14.1. The van der Waals surface area contributed by atoms with E-state index in [2.05, 4.69) is 5.10 Å². The Labute approximate surface area is 121 Å². The Morgan fingerprint density at radius 2 is 1.89 bits per heavy atom. The summed E-state index contributed by atoms with van der Waals surface area (Å²) in [6.07, 6.45) is -2.97. The van der Waals surface area contributed by atoms with Gasteiger partial charge in [-0.05, 0) is 28.2 Å². The molecule has 3 nitrogen and oxygen atoms in total. The maximum Gasteiger partial charge on any atom is 0.408 e. The molecule has 0 spiro atoms. The molecule has 0 atom stereocenters. The first-order valence-electron chi connectivity index (χ1n) is 5.40. The minimum absolute atomic E-state index is 0.141. The minimum Gasteiger partial charge on any atom is -0.472 e. The lowest BCUT2D eigenvalue weighted by molar-refractivity contribution is -0.143. The lowest BCUT2D eigenvalue weighted by atomic mass is 10.2. The van der Waals surface area contributed by atoms with Gasteiger partial charge in [0.15, 0.2) is 0 Å². The maximum absolute atomic E-state index is 12.4. The molecule has 0 aliphatic carbocycles. The fraction of sp³-hybridized carbons (Fsp3) is 0.250. The number of aromatic nitrogens is 2. The van der Waals surface area contributed by atoms with Crippen LogP contribution in [0.5, 0.6) is 5.88 Å². The van der Waals surface area contributed by atoms with Crippen molar-refractivity contribution < 1.29 is 17.9 Å². The molecular formula is C12H10F3IN2O. The Kier molecular flexibility index (Phi) is 4.33. The first-order chi connectivity index (χ1) is 8.96. The largest absolute Gasteiger partial charge is 0.472 e. The predicted molar refractivity (Wildman–Crippen MR) is 71.8 cm³/mol.